The van der Waals surface area contributed by atoms with Crippen LogP contribution in [0.3, 0.4) is 0 Å². The molecule has 9 heteroatoms. The molecule has 0 radical (unpaired) electrons. The topological polar surface area (TPSA) is 102 Å². The molecule has 3 amide bonds. The van der Waals surface area contributed by atoms with Crippen LogP contribution in [0.2, 0.25) is 10.0 Å². The first kappa shape index (κ1) is 25.3. The van der Waals surface area contributed by atoms with Gasteiger partial charge in [0.15, 0.2) is 0 Å². The lowest BCUT2D eigenvalue weighted by atomic mass is 9.95. The number of hydrogen-bond donors (Lipinski definition) is 4. The largest absolute Gasteiger partial charge is 0.391 e. The molecule has 3 unspecified atom stereocenters. The fourth-order valence-corrected chi connectivity index (χ4v) is 3.95. The van der Waals surface area contributed by atoms with Crippen LogP contribution in [0.25, 0.3) is 0 Å². The number of carbonyl (C=O) groups is 2. The van der Waals surface area contributed by atoms with E-state index < -0.39 is 29.7 Å². The van der Waals surface area contributed by atoms with Gasteiger partial charge in [-0.05, 0) is 41.8 Å². The summed E-state index contributed by atoms with van der Waals surface area (Å²) in [5.74, 6) is -0.0426. The highest BCUT2D eigenvalue weighted by Crippen LogP contribution is 2.33. The Morgan fingerprint density at radius 2 is 1.79 bits per heavy atom. The highest BCUT2D eigenvalue weighted by atomic mass is 35.5. The van der Waals surface area contributed by atoms with Crippen molar-refractivity contribution in [3.8, 4) is 0 Å². The summed E-state index contributed by atoms with van der Waals surface area (Å²) in [4.78, 5) is 26.4. The second-order valence-electron chi connectivity index (χ2n) is 9.29. The Morgan fingerprint density at radius 3 is 2.39 bits per heavy atom. The molecule has 1 saturated heterocycles. The van der Waals surface area contributed by atoms with E-state index in [4.69, 9.17) is 23.2 Å². The molecule has 0 bridgehead atoms. The Balaban J connectivity index is 1.64. The van der Waals surface area contributed by atoms with Crippen molar-refractivity contribution < 1.29 is 19.8 Å². The normalized spacial score (nSPS) is 19.3. The third kappa shape index (κ3) is 6.38. The fraction of sp³-hybridized carbons (Fsp3) is 0.417. The summed E-state index contributed by atoms with van der Waals surface area (Å²) < 4.78 is 0. The van der Waals surface area contributed by atoms with Crippen molar-refractivity contribution in [2.45, 2.75) is 52.0 Å². The van der Waals surface area contributed by atoms with Crippen LogP contribution in [0.4, 0.5) is 10.5 Å². The molecular weight excluding hydrogens is 465 g/mol. The standard InChI is InChI=1S/C24H29Cl2N3O4/c1-24(2,3)22(32)27-12-14-4-7-16(8-5-14)28-23(33)29-13-17(30)11-20(29)21(31)15-6-9-18(25)19(26)10-15/h4-10,17,20-21,30-31H,11-13H2,1-3H3,(H,27,32)(H,28,33). The lowest BCUT2D eigenvalue weighted by Gasteiger charge is -2.29. The number of amides is 3. The Hall–Kier alpha value is -2.32. The van der Waals surface area contributed by atoms with Crippen LogP contribution in [-0.2, 0) is 11.3 Å². The smallest absolute Gasteiger partial charge is 0.322 e. The molecule has 178 valence electrons. The first-order valence-electron chi connectivity index (χ1n) is 10.7. The molecule has 1 fully saturated rings. The number of carbonyl (C=O) groups excluding carboxylic acids is 2. The number of aliphatic hydroxyl groups is 2. The maximum atomic E-state index is 12.9. The van der Waals surface area contributed by atoms with Crippen LogP contribution in [0.15, 0.2) is 42.5 Å². The van der Waals surface area contributed by atoms with Crippen LogP contribution in [-0.4, -0.2) is 45.7 Å². The van der Waals surface area contributed by atoms with Gasteiger partial charge in [0.1, 0.15) is 0 Å². The Kier molecular flexibility index (Phi) is 7.90. The summed E-state index contributed by atoms with van der Waals surface area (Å²) in [6.07, 6.45) is -1.54. The Labute approximate surface area is 203 Å². The molecule has 0 spiro atoms. The zero-order chi connectivity index (χ0) is 24.3. The number of anilines is 1. The molecule has 7 nitrogen and oxygen atoms in total. The summed E-state index contributed by atoms with van der Waals surface area (Å²) >= 11 is 12.0. The highest BCUT2D eigenvalue weighted by Gasteiger charge is 2.39. The van der Waals surface area contributed by atoms with Crippen LogP contribution < -0.4 is 10.6 Å². The van der Waals surface area contributed by atoms with Crippen molar-refractivity contribution in [1.82, 2.24) is 10.2 Å². The average molecular weight is 494 g/mol. The summed E-state index contributed by atoms with van der Waals surface area (Å²) in [5.41, 5.74) is 1.51. The van der Waals surface area contributed by atoms with E-state index in [1.807, 2.05) is 32.9 Å². The number of halogens is 2. The van der Waals surface area contributed by atoms with Crippen molar-refractivity contribution in [3.63, 3.8) is 0 Å². The molecule has 1 aliphatic rings. The van der Waals surface area contributed by atoms with E-state index in [1.54, 1.807) is 30.3 Å². The van der Waals surface area contributed by atoms with Crippen molar-refractivity contribution in [1.29, 1.82) is 0 Å². The monoisotopic (exact) mass is 493 g/mol. The van der Waals surface area contributed by atoms with Gasteiger partial charge in [0, 0.05) is 24.2 Å². The van der Waals surface area contributed by atoms with Crippen molar-refractivity contribution >= 4 is 40.8 Å². The SMILES string of the molecule is CC(C)(C)C(=O)NCc1ccc(NC(=O)N2CC(O)CC2C(O)c2ccc(Cl)c(Cl)c2)cc1. The number of benzene rings is 2. The molecule has 33 heavy (non-hydrogen) atoms. The van der Waals surface area contributed by atoms with Gasteiger partial charge >= 0.3 is 6.03 Å². The van der Waals surface area contributed by atoms with E-state index in [2.05, 4.69) is 10.6 Å². The maximum Gasteiger partial charge on any atom is 0.322 e. The van der Waals surface area contributed by atoms with Crippen LogP contribution in [0.5, 0.6) is 0 Å². The molecule has 1 aliphatic heterocycles. The third-order valence-electron chi connectivity index (χ3n) is 5.57. The van der Waals surface area contributed by atoms with Crippen LogP contribution in [0.1, 0.15) is 44.4 Å². The van der Waals surface area contributed by atoms with Crippen molar-refractivity contribution in [2.75, 3.05) is 11.9 Å². The van der Waals surface area contributed by atoms with E-state index in [0.717, 1.165) is 5.56 Å². The number of nitrogens with zero attached hydrogens (tertiary/aromatic N) is 1. The Morgan fingerprint density at radius 1 is 1.12 bits per heavy atom. The third-order valence-corrected chi connectivity index (χ3v) is 6.31. The average Bonchev–Trinajstić information content (AvgIpc) is 3.15. The number of rotatable bonds is 5. The van der Waals surface area contributed by atoms with Gasteiger partial charge in [0.2, 0.25) is 5.91 Å². The second-order valence-corrected chi connectivity index (χ2v) is 10.1. The van der Waals surface area contributed by atoms with Crippen LogP contribution in [0, 0.1) is 5.41 Å². The van der Waals surface area contributed by atoms with Crippen LogP contribution >= 0.6 is 23.2 Å². The van der Waals surface area contributed by atoms with E-state index in [0.29, 0.717) is 27.8 Å². The number of nitrogens with one attached hydrogen (secondary N) is 2. The van der Waals surface area contributed by atoms with Gasteiger partial charge in [-0.15, -0.1) is 0 Å². The molecule has 0 aromatic heterocycles. The molecule has 2 aromatic carbocycles. The number of hydrogen-bond acceptors (Lipinski definition) is 4. The second kappa shape index (κ2) is 10.3. The zero-order valence-electron chi connectivity index (χ0n) is 18.8. The summed E-state index contributed by atoms with van der Waals surface area (Å²) in [7, 11) is 0. The molecule has 4 N–H and O–H groups in total. The quantitative estimate of drug-likeness (QED) is 0.496. The minimum absolute atomic E-state index is 0.0426. The molecule has 0 saturated carbocycles. The summed E-state index contributed by atoms with van der Waals surface area (Å²) in [6, 6.07) is 10.9. The molecule has 3 rings (SSSR count). The van der Waals surface area contributed by atoms with Gasteiger partial charge in [0.25, 0.3) is 0 Å². The van der Waals surface area contributed by atoms with Gasteiger partial charge < -0.3 is 25.7 Å². The molecule has 0 aliphatic carbocycles. The van der Waals surface area contributed by atoms with E-state index in [1.165, 1.54) is 4.90 Å². The number of urea groups is 1. The minimum Gasteiger partial charge on any atom is -0.391 e. The van der Waals surface area contributed by atoms with Gasteiger partial charge in [-0.2, -0.15) is 0 Å². The number of β-amino-alcohol motifs (C(OH)–C–C–N with tert-alkyl or cyclic N) is 1. The first-order chi connectivity index (χ1) is 15.5. The molecule has 1 heterocycles. The zero-order valence-corrected chi connectivity index (χ0v) is 20.3. The van der Waals surface area contributed by atoms with Gasteiger partial charge in [-0.1, -0.05) is 62.2 Å². The highest BCUT2D eigenvalue weighted by molar-refractivity contribution is 6.42. The predicted molar refractivity (Wildman–Crippen MR) is 129 cm³/mol. The van der Waals surface area contributed by atoms with Gasteiger partial charge in [-0.25, -0.2) is 4.79 Å². The summed E-state index contributed by atoms with van der Waals surface area (Å²) in [5, 5.41) is 27.4. The molecule has 2 aromatic rings. The van der Waals surface area contributed by atoms with Crippen molar-refractivity contribution in [3.05, 3.63) is 63.6 Å². The van der Waals surface area contributed by atoms with Gasteiger partial charge in [0.05, 0.1) is 28.3 Å². The van der Waals surface area contributed by atoms with E-state index in [-0.39, 0.29) is 18.9 Å². The lowest BCUT2D eigenvalue weighted by Crippen LogP contribution is -2.42. The first-order valence-corrected chi connectivity index (χ1v) is 11.5. The predicted octanol–water partition coefficient (Wildman–Crippen LogP) is 4.36. The van der Waals surface area contributed by atoms with E-state index in [9.17, 15) is 19.8 Å². The molecular formula is C24H29Cl2N3O4. The fourth-order valence-electron chi connectivity index (χ4n) is 3.64. The summed E-state index contributed by atoms with van der Waals surface area (Å²) in [6.45, 7) is 6.04. The lowest BCUT2D eigenvalue weighted by molar-refractivity contribution is -0.128. The van der Waals surface area contributed by atoms with Crippen molar-refractivity contribution in [2.24, 2.45) is 5.41 Å². The molecule has 3 atom stereocenters. The minimum atomic E-state index is -1.03. The number of aliphatic hydroxyl groups excluding tert-OH is 2. The maximum absolute atomic E-state index is 12.9. The van der Waals surface area contributed by atoms with E-state index >= 15 is 0 Å². The Bertz CT molecular complexity index is 1010. The van der Waals surface area contributed by atoms with Gasteiger partial charge in [-0.3, -0.25) is 4.79 Å². The number of likely N-dealkylation sites (tertiary alicyclic amines) is 1.